The summed E-state index contributed by atoms with van der Waals surface area (Å²) in [6.45, 7) is 0.374. The Bertz CT molecular complexity index is 636. The van der Waals surface area contributed by atoms with E-state index in [1.807, 2.05) is 12.1 Å². The number of amides is 1. The van der Waals surface area contributed by atoms with Gasteiger partial charge in [0.15, 0.2) is 0 Å². The minimum absolute atomic E-state index is 0.153. The molecule has 3 rings (SSSR count). The molecule has 0 spiro atoms. The van der Waals surface area contributed by atoms with E-state index in [1.54, 1.807) is 5.38 Å². The minimum atomic E-state index is -0.153. The number of nitrogens with two attached hydrogens (primary N) is 1. The predicted octanol–water partition coefficient (Wildman–Crippen LogP) is 2.73. The monoisotopic (exact) mass is 287 g/mol. The summed E-state index contributed by atoms with van der Waals surface area (Å²) < 4.78 is 0. The van der Waals surface area contributed by atoms with E-state index in [0.29, 0.717) is 12.2 Å². The first kappa shape index (κ1) is 13.3. The maximum absolute atomic E-state index is 12.2. The van der Waals surface area contributed by atoms with Crippen LogP contribution in [0.25, 0.3) is 0 Å². The van der Waals surface area contributed by atoms with Crippen molar-refractivity contribution in [3.8, 4) is 0 Å². The average Bonchev–Trinajstić information content (AvgIpc) is 2.97. The largest absolute Gasteiger partial charge is 0.325 e. The third-order valence-corrected chi connectivity index (χ3v) is 4.47. The summed E-state index contributed by atoms with van der Waals surface area (Å²) in [4.78, 5) is 16.4. The van der Waals surface area contributed by atoms with E-state index >= 15 is 0 Å². The Morgan fingerprint density at radius 3 is 3.00 bits per heavy atom. The molecule has 0 bridgehead atoms. The van der Waals surface area contributed by atoms with Crippen molar-refractivity contribution in [2.24, 2.45) is 5.73 Å². The lowest BCUT2D eigenvalue weighted by atomic mass is 9.90. The third kappa shape index (κ3) is 2.59. The quantitative estimate of drug-likeness (QED) is 0.912. The molecule has 1 aliphatic carbocycles. The van der Waals surface area contributed by atoms with Crippen LogP contribution in [-0.2, 0) is 19.4 Å². The first-order valence-corrected chi connectivity index (χ1v) is 7.72. The first-order valence-electron chi connectivity index (χ1n) is 6.84. The molecule has 0 aliphatic heterocycles. The highest BCUT2D eigenvalue weighted by Crippen LogP contribution is 2.28. The molecule has 3 N–H and O–H groups in total. The van der Waals surface area contributed by atoms with Crippen LogP contribution in [0.3, 0.4) is 0 Å². The molecule has 0 fully saturated rings. The molecule has 1 aromatic heterocycles. The average molecular weight is 287 g/mol. The van der Waals surface area contributed by atoms with Crippen molar-refractivity contribution in [3.05, 3.63) is 45.4 Å². The van der Waals surface area contributed by atoms with Crippen LogP contribution in [0.1, 0.15) is 39.5 Å². The second-order valence-corrected chi connectivity index (χ2v) is 5.88. The lowest BCUT2D eigenvalue weighted by Crippen LogP contribution is -2.16. The summed E-state index contributed by atoms with van der Waals surface area (Å²) in [5.74, 6) is -0.153. The number of aryl methyl sites for hydroxylation is 1. The van der Waals surface area contributed by atoms with Crippen molar-refractivity contribution >= 4 is 22.9 Å². The van der Waals surface area contributed by atoms with Gasteiger partial charge < -0.3 is 11.1 Å². The molecule has 0 saturated heterocycles. The Balaban J connectivity index is 1.82. The number of carbonyl (C=O) groups excluding carboxylic acids is 1. The Hall–Kier alpha value is -1.72. The van der Waals surface area contributed by atoms with E-state index < -0.39 is 0 Å². The van der Waals surface area contributed by atoms with Crippen LogP contribution in [0.15, 0.2) is 23.6 Å². The number of hydrogen-bond acceptors (Lipinski definition) is 4. The van der Waals surface area contributed by atoms with E-state index in [-0.39, 0.29) is 5.91 Å². The molecule has 0 radical (unpaired) electrons. The van der Waals surface area contributed by atoms with Crippen LogP contribution in [0.2, 0.25) is 0 Å². The van der Waals surface area contributed by atoms with Gasteiger partial charge in [-0.15, -0.1) is 11.3 Å². The van der Waals surface area contributed by atoms with Crippen molar-refractivity contribution in [2.75, 3.05) is 5.32 Å². The van der Waals surface area contributed by atoms with Gasteiger partial charge in [0.25, 0.3) is 5.91 Å². The van der Waals surface area contributed by atoms with Crippen LogP contribution in [0.5, 0.6) is 0 Å². The van der Waals surface area contributed by atoms with Gasteiger partial charge in [-0.1, -0.05) is 12.1 Å². The number of nitrogens with zero attached hydrogens (tertiary/aromatic N) is 1. The summed E-state index contributed by atoms with van der Waals surface area (Å²) in [5.41, 5.74) is 9.53. The predicted molar refractivity (Wildman–Crippen MR) is 81.0 cm³/mol. The third-order valence-electron chi connectivity index (χ3n) is 3.60. The van der Waals surface area contributed by atoms with Crippen molar-refractivity contribution in [2.45, 2.75) is 32.2 Å². The zero-order valence-electron chi connectivity index (χ0n) is 11.2. The summed E-state index contributed by atoms with van der Waals surface area (Å²) in [6.07, 6.45) is 4.56. The molecule has 104 valence electrons. The Kier molecular flexibility index (Phi) is 3.80. The molecule has 20 heavy (non-hydrogen) atoms. The first-order chi connectivity index (χ1) is 9.78. The van der Waals surface area contributed by atoms with Crippen molar-refractivity contribution < 1.29 is 4.79 Å². The van der Waals surface area contributed by atoms with Crippen molar-refractivity contribution in [1.82, 2.24) is 4.98 Å². The SMILES string of the molecule is NCc1nc(C(=O)Nc2cccc3c2CCCC3)cs1. The fourth-order valence-electron chi connectivity index (χ4n) is 2.59. The highest BCUT2D eigenvalue weighted by atomic mass is 32.1. The van der Waals surface area contributed by atoms with E-state index in [0.717, 1.165) is 23.5 Å². The van der Waals surface area contributed by atoms with Gasteiger partial charge in [0.1, 0.15) is 10.7 Å². The molecule has 5 heteroatoms. The molecule has 2 aromatic rings. The van der Waals surface area contributed by atoms with Gasteiger partial charge in [-0.05, 0) is 42.9 Å². The molecule has 1 amide bonds. The number of benzene rings is 1. The second-order valence-electron chi connectivity index (χ2n) is 4.94. The molecule has 0 unspecified atom stereocenters. The maximum atomic E-state index is 12.2. The van der Waals surface area contributed by atoms with Crippen LogP contribution in [0.4, 0.5) is 5.69 Å². The standard InChI is InChI=1S/C15H17N3OS/c16-8-14-17-13(9-20-14)15(19)18-12-7-3-5-10-4-1-2-6-11(10)12/h3,5,7,9H,1-2,4,6,8,16H2,(H,18,19). The lowest BCUT2D eigenvalue weighted by molar-refractivity contribution is 0.102. The van der Waals surface area contributed by atoms with Gasteiger partial charge in [0, 0.05) is 17.6 Å². The smallest absolute Gasteiger partial charge is 0.275 e. The minimum Gasteiger partial charge on any atom is -0.325 e. The molecular weight excluding hydrogens is 270 g/mol. The number of anilines is 1. The molecule has 4 nitrogen and oxygen atoms in total. The van der Waals surface area contributed by atoms with Crippen LogP contribution in [0, 0.1) is 0 Å². The molecular formula is C15H17N3OS. The number of hydrogen-bond donors (Lipinski definition) is 2. The highest BCUT2D eigenvalue weighted by Gasteiger charge is 2.16. The van der Waals surface area contributed by atoms with E-state index in [9.17, 15) is 4.79 Å². The van der Waals surface area contributed by atoms with Crippen molar-refractivity contribution in [1.29, 1.82) is 0 Å². The van der Waals surface area contributed by atoms with Gasteiger partial charge in [-0.3, -0.25) is 4.79 Å². The number of aromatic nitrogens is 1. The van der Waals surface area contributed by atoms with E-state index in [2.05, 4.69) is 16.4 Å². The number of nitrogens with one attached hydrogen (secondary N) is 1. The van der Waals surface area contributed by atoms with Crippen LogP contribution < -0.4 is 11.1 Å². The topological polar surface area (TPSA) is 68.0 Å². The zero-order valence-corrected chi connectivity index (χ0v) is 12.0. The molecule has 0 atom stereocenters. The van der Waals surface area contributed by atoms with Crippen LogP contribution in [-0.4, -0.2) is 10.9 Å². The number of rotatable bonds is 3. The summed E-state index contributed by atoms with van der Waals surface area (Å²) in [5, 5.41) is 5.53. The second kappa shape index (κ2) is 5.73. The lowest BCUT2D eigenvalue weighted by Gasteiger charge is -2.19. The Morgan fingerprint density at radius 1 is 1.35 bits per heavy atom. The highest BCUT2D eigenvalue weighted by molar-refractivity contribution is 7.09. The summed E-state index contributed by atoms with van der Waals surface area (Å²) in [7, 11) is 0. The van der Waals surface area contributed by atoms with E-state index in [4.69, 9.17) is 5.73 Å². The summed E-state index contributed by atoms with van der Waals surface area (Å²) >= 11 is 1.42. The van der Waals surface area contributed by atoms with E-state index in [1.165, 1.54) is 35.3 Å². The number of fused-ring (bicyclic) bond motifs is 1. The summed E-state index contributed by atoms with van der Waals surface area (Å²) in [6, 6.07) is 6.13. The van der Waals surface area contributed by atoms with Gasteiger partial charge in [0.2, 0.25) is 0 Å². The molecule has 0 saturated carbocycles. The van der Waals surface area contributed by atoms with Gasteiger partial charge >= 0.3 is 0 Å². The Labute approximate surface area is 122 Å². The fourth-order valence-corrected chi connectivity index (χ4v) is 3.25. The molecule has 1 aliphatic rings. The van der Waals surface area contributed by atoms with Gasteiger partial charge in [-0.2, -0.15) is 0 Å². The number of carbonyl (C=O) groups is 1. The van der Waals surface area contributed by atoms with Crippen LogP contribution >= 0.6 is 11.3 Å². The molecule has 1 heterocycles. The normalized spacial score (nSPS) is 13.8. The molecule has 1 aromatic carbocycles. The maximum Gasteiger partial charge on any atom is 0.275 e. The zero-order chi connectivity index (χ0) is 13.9. The van der Waals surface area contributed by atoms with Crippen molar-refractivity contribution in [3.63, 3.8) is 0 Å². The van der Waals surface area contributed by atoms with Gasteiger partial charge in [0.05, 0.1) is 0 Å². The Morgan fingerprint density at radius 2 is 2.20 bits per heavy atom. The number of thiazole rings is 1. The fraction of sp³-hybridized carbons (Fsp3) is 0.333. The van der Waals surface area contributed by atoms with Gasteiger partial charge in [-0.25, -0.2) is 4.98 Å².